The Balaban J connectivity index is 2.45. The monoisotopic (exact) mass is 289 g/mol. The van der Waals surface area contributed by atoms with Gasteiger partial charge in [-0.05, 0) is 50.5 Å². The number of hydrogen-bond acceptors (Lipinski definition) is 3. The number of carboxylic acid groups (broad SMARTS) is 1. The molecule has 112 valence electrons. The minimum Gasteiger partial charge on any atom is -0.507 e. The van der Waals surface area contributed by atoms with Crippen molar-refractivity contribution >= 4 is 5.97 Å². The molecule has 0 aliphatic heterocycles. The lowest BCUT2D eigenvalue weighted by Gasteiger charge is -2.11. The number of aromatic hydroxyl groups is 1. The lowest BCUT2D eigenvalue weighted by atomic mass is 10.1. The zero-order chi connectivity index (χ0) is 15.6. The molecule has 5 heteroatoms. The number of aliphatic hydroxyl groups is 1. The van der Waals surface area contributed by atoms with E-state index in [0.717, 1.165) is 29.1 Å². The minimum atomic E-state index is -1.15. The fraction of sp³-hybridized carbons (Fsp3) is 0.312. The Morgan fingerprint density at radius 2 is 1.95 bits per heavy atom. The molecule has 0 radical (unpaired) electrons. The highest BCUT2D eigenvalue weighted by Gasteiger charge is 2.14. The molecule has 5 nitrogen and oxygen atoms in total. The van der Waals surface area contributed by atoms with E-state index in [9.17, 15) is 9.90 Å². The molecule has 0 amide bonds. The number of phenols is 1. The average Bonchev–Trinajstić information content (AvgIpc) is 2.70. The van der Waals surface area contributed by atoms with Gasteiger partial charge in [-0.1, -0.05) is 0 Å². The van der Waals surface area contributed by atoms with Crippen molar-refractivity contribution in [3.05, 3.63) is 46.8 Å². The SMILES string of the molecule is Cc1cc(CCCO)c(C)n1-c1ccc(C(=O)O)c(O)c1. The van der Waals surface area contributed by atoms with Crippen LogP contribution in [0.5, 0.6) is 5.75 Å². The first-order valence-electron chi connectivity index (χ1n) is 6.81. The van der Waals surface area contributed by atoms with Crippen LogP contribution in [0.1, 0.15) is 33.7 Å². The second-order valence-electron chi connectivity index (χ2n) is 5.07. The van der Waals surface area contributed by atoms with E-state index in [0.29, 0.717) is 6.42 Å². The summed E-state index contributed by atoms with van der Waals surface area (Å²) in [5, 5.41) is 27.7. The van der Waals surface area contributed by atoms with Gasteiger partial charge in [0.15, 0.2) is 0 Å². The predicted octanol–water partition coefficient (Wildman–Crippen LogP) is 2.42. The third kappa shape index (κ3) is 2.92. The number of benzene rings is 1. The molecule has 2 aromatic rings. The van der Waals surface area contributed by atoms with Gasteiger partial charge in [0.05, 0.1) is 0 Å². The van der Waals surface area contributed by atoms with Gasteiger partial charge in [0.1, 0.15) is 11.3 Å². The number of nitrogens with zero attached hydrogens (tertiary/aromatic N) is 1. The lowest BCUT2D eigenvalue weighted by molar-refractivity contribution is 0.0694. The number of rotatable bonds is 5. The Morgan fingerprint density at radius 1 is 1.24 bits per heavy atom. The van der Waals surface area contributed by atoms with Crippen LogP contribution in [0.3, 0.4) is 0 Å². The maximum absolute atomic E-state index is 10.9. The molecule has 21 heavy (non-hydrogen) atoms. The molecule has 0 bridgehead atoms. The van der Waals surface area contributed by atoms with E-state index in [2.05, 4.69) is 0 Å². The number of carbonyl (C=O) groups is 1. The number of aryl methyl sites for hydroxylation is 2. The second-order valence-corrected chi connectivity index (χ2v) is 5.07. The van der Waals surface area contributed by atoms with Crippen molar-refractivity contribution in [2.24, 2.45) is 0 Å². The standard InChI is InChI=1S/C16H19NO4/c1-10-8-12(4-3-7-18)11(2)17(10)13-5-6-14(16(20)21)15(19)9-13/h5-6,8-9,18-19H,3-4,7H2,1-2H3,(H,20,21). The van der Waals surface area contributed by atoms with Crippen molar-refractivity contribution in [1.29, 1.82) is 0 Å². The van der Waals surface area contributed by atoms with E-state index in [1.54, 1.807) is 6.07 Å². The van der Waals surface area contributed by atoms with E-state index in [1.165, 1.54) is 12.1 Å². The van der Waals surface area contributed by atoms with Gasteiger partial charge in [-0.25, -0.2) is 4.79 Å². The molecule has 0 unspecified atom stereocenters. The number of aromatic carboxylic acids is 1. The van der Waals surface area contributed by atoms with Crippen molar-refractivity contribution in [3.8, 4) is 11.4 Å². The minimum absolute atomic E-state index is 0.110. The van der Waals surface area contributed by atoms with Crippen molar-refractivity contribution in [1.82, 2.24) is 4.57 Å². The largest absolute Gasteiger partial charge is 0.507 e. The number of aromatic nitrogens is 1. The first-order chi connectivity index (χ1) is 9.95. The van der Waals surface area contributed by atoms with Crippen LogP contribution < -0.4 is 0 Å². The van der Waals surface area contributed by atoms with Crippen LogP contribution >= 0.6 is 0 Å². The van der Waals surface area contributed by atoms with Crippen LogP contribution in [0.4, 0.5) is 0 Å². The van der Waals surface area contributed by atoms with E-state index in [4.69, 9.17) is 10.2 Å². The molecular weight excluding hydrogens is 270 g/mol. The molecule has 0 saturated carbocycles. The Bertz CT molecular complexity index is 673. The molecule has 1 aromatic heterocycles. The third-order valence-corrected chi connectivity index (χ3v) is 3.61. The molecule has 0 saturated heterocycles. The van der Waals surface area contributed by atoms with Gasteiger partial charge in [0.25, 0.3) is 0 Å². The quantitative estimate of drug-likeness (QED) is 0.789. The maximum atomic E-state index is 10.9. The summed E-state index contributed by atoms with van der Waals surface area (Å²) < 4.78 is 1.97. The number of carboxylic acids is 1. The van der Waals surface area contributed by atoms with Crippen molar-refractivity contribution in [2.45, 2.75) is 26.7 Å². The van der Waals surface area contributed by atoms with Crippen LogP contribution in [0.25, 0.3) is 5.69 Å². The highest BCUT2D eigenvalue weighted by Crippen LogP contribution is 2.26. The summed E-state index contributed by atoms with van der Waals surface area (Å²) in [6.45, 7) is 4.08. The molecule has 3 N–H and O–H groups in total. The molecule has 2 rings (SSSR count). The fourth-order valence-corrected chi connectivity index (χ4v) is 2.59. The number of aliphatic hydroxyl groups excluding tert-OH is 1. The molecule has 0 atom stereocenters. The zero-order valence-electron chi connectivity index (χ0n) is 12.1. The van der Waals surface area contributed by atoms with Gasteiger partial charge in [-0.2, -0.15) is 0 Å². The first-order valence-corrected chi connectivity index (χ1v) is 6.81. The topological polar surface area (TPSA) is 82.7 Å². The Morgan fingerprint density at radius 3 is 2.52 bits per heavy atom. The van der Waals surface area contributed by atoms with Crippen LogP contribution in [-0.4, -0.2) is 32.5 Å². The fourth-order valence-electron chi connectivity index (χ4n) is 2.59. The summed E-state index contributed by atoms with van der Waals surface area (Å²) in [6, 6.07) is 6.59. The highest BCUT2D eigenvalue weighted by molar-refractivity contribution is 5.91. The molecule has 1 heterocycles. The zero-order valence-corrected chi connectivity index (χ0v) is 12.1. The van der Waals surface area contributed by atoms with Gasteiger partial charge in [0.2, 0.25) is 0 Å². The summed E-state index contributed by atoms with van der Waals surface area (Å²) in [4.78, 5) is 10.9. The smallest absolute Gasteiger partial charge is 0.339 e. The van der Waals surface area contributed by atoms with Gasteiger partial charge < -0.3 is 19.9 Å². The van der Waals surface area contributed by atoms with Crippen molar-refractivity contribution in [2.75, 3.05) is 6.61 Å². The van der Waals surface area contributed by atoms with Crippen LogP contribution in [0.2, 0.25) is 0 Å². The molecule has 0 fully saturated rings. The number of hydrogen-bond donors (Lipinski definition) is 3. The Labute approximate surface area is 123 Å². The van der Waals surface area contributed by atoms with Gasteiger partial charge >= 0.3 is 5.97 Å². The summed E-state index contributed by atoms with van der Waals surface area (Å²) in [6.07, 6.45) is 1.49. The van der Waals surface area contributed by atoms with E-state index < -0.39 is 5.97 Å². The molecular formula is C16H19NO4. The van der Waals surface area contributed by atoms with Crippen molar-refractivity contribution < 1.29 is 20.1 Å². The van der Waals surface area contributed by atoms with Crippen LogP contribution in [-0.2, 0) is 6.42 Å². The van der Waals surface area contributed by atoms with Gasteiger partial charge in [-0.15, -0.1) is 0 Å². The Kier molecular flexibility index (Phi) is 4.33. The van der Waals surface area contributed by atoms with Crippen molar-refractivity contribution in [3.63, 3.8) is 0 Å². The summed E-state index contributed by atoms with van der Waals surface area (Å²) in [7, 11) is 0. The summed E-state index contributed by atoms with van der Waals surface area (Å²) in [5.41, 5.74) is 3.79. The molecule has 1 aromatic carbocycles. The average molecular weight is 289 g/mol. The van der Waals surface area contributed by atoms with Gasteiger partial charge in [0, 0.05) is 29.7 Å². The Hall–Kier alpha value is -2.27. The third-order valence-electron chi connectivity index (χ3n) is 3.61. The van der Waals surface area contributed by atoms with Crippen LogP contribution in [0, 0.1) is 13.8 Å². The van der Waals surface area contributed by atoms with E-state index >= 15 is 0 Å². The second kappa shape index (κ2) is 6.01. The maximum Gasteiger partial charge on any atom is 0.339 e. The molecule has 0 aliphatic carbocycles. The molecule has 0 aliphatic rings. The summed E-state index contributed by atoms with van der Waals surface area (Å²) in [5.74, 6) is -1.40. The normalized spacial score (nSPS) is 10.8. The van der Waals surface area contributed by atoms with E-state index in [-0.39, 0.29) is 17.9 Å². The first kappa shape index (κ1) is 15.1. The molecule has 0 spiro atoms. The predicted molar refractivity (Wildman–Crippen MR) is 79.3 cm³/mol. The van der Waals surface area contributed by atoms with Crippen LogP contribution in [0.15, 0.2) is 24.3 Å². The highest BCUT2D eigenvalue weighted by atomic mass is 16.4. The summed E-state index contributed by atoms with van der Waals surface area (Å²) >= 11 is 0. The van der Waals surface area contributed by atoms with Gasteiger partial charge in [-0.3, -0.25) is 0 Å². The lowest BCUT2D eigenvalue weighted by Crippen LogP contribution is -2.02. The van der Waals surface area contributed by atoms with E-state index in [1.807, 2.05) is 24.5 Å².